The maximum Gasteiger partial charge on any atom is 0.137 e. The van der Waals surface area contributed by atoms with Gasteiger partial charge in [0.05, 0.1) is 30.9 Å². The molecule has 7 heteroatoms. The molecule has 1 fully saturated rings. The van der Waals surface area contributed by atoms with Gasteiger partial charge in [-0.3, -0.25) is 4.90 Å². The summed E-state index contributed by atoms with van der Waals surface area (Å²) >= 11 is 6.98. The van der Waals surface area contributed by atoms with E-state index in [1.807, 2.05) is 12.1 Å². The lowest BCUT2D eigenvalue weighted by Crippen LogP contribution is -2.43. The summed E-state index contributed by atoms with van der Waals surface area (Å²) in [6.45, 7) is 5.15. The van der Waals surface area contributed by atoms with Gasteiger partial charge in [0.2, 0.25) is 0 Å². The zero-order valence-corrected chi connectivity index (χ0v) is 15.8. The van der Waals surface area contributed by atoms with Crippen LogP contribution in [-0.2, 0) is 11.3 Å². The number of hydrogen-bond acceptors (Lipinski definition) is 5. The number of hydrogen-bond donors (Lipinski definition) is 2. The monoisotopic (exact) mass is 436 g/mol. The first-order valence-corrected chi connectivity index (χ1v) is 8.89. The highest BCUT2D eigenvalue weighted by Crippen LogP contribution is 2.32. The van der Waals surface area contributed by atoms with Crippen LogP contribution in [0.3, 0.4) is 0 Å². The van der Waals surface area contributed by atoms with Crippen LogP contribution in [0.4, 0.5) is 0 Å². The van der Waals surface area contributed by atoms with Gasteiger partial charge in [-0.2, -0.15) is 0 Å². The van der Waals surface area contributed by atoms with Crippen molar-refractivity contribution in [2.75, 3.05) is 46.5 Å². The highest BCUT2D eigenvalue weighted by atomic mass is 79.9. The Morgan fingerprint density at radius 1 is 1.36 bits per heavy atom. The fourth-order valence-electron chi connectivity index (χ4n) is 2.49. The number of ether oxygens (including phenoxy) is 2. The molecule has 2 rings (SSSR count). The second-order valence-electron chi connectivity index (χ2n) is 5.28. The molecule has 0 amide bonds. The molecule has 0 unspecified atom stereocenters. The number of β-amino-alcohol motifs (C(OH)–C–C–N with tert-alkyl or cyclic N) is 1. The van der Waals surface area contributed by atoms with Crippen molar-refractivity contribution in [2.45, 2.75) is 12.6 Å². The van der Waals surface area contributed by atoms with Gasteiger partial charge in [-0.25, -0.2) is 0 Å². The largest absolute Gasteiger partial charge is 0.495 e. The van der Waals surface area contributed by atoms with E-state index >= 15 is 0 Å². The van der Waals surface area contributed by atoms with Crippen molar-refractivity contribution in [3.05, 3.63) is 26.6 Å². The van der Waals surface area contributed by atoms with E-state index in [1.165, 1.54) is 0 Å². The van der Waals surface area contributed by atoms with Crippen LogP contribution >= 0.6 is 31.9 Å². The number of morpholine rings is 1. The molecule has 5 nitrogen and oxygen atoms in total. The molecular formula is C15H22Br2N2O3. The predicted octanol–water partition coefficient (Wildman–Crippen LogP) is 2.00. The first-order valence-electron chi connectivity index (χ1n) is 7.31. The standard InChI is InChI=1S/C15H22Br2N2O3/c1-21-15-11(6-12(16)7-14(15)17)8-18-9-13(20)10-19-2-4-22-5-3-19/h6-7,13,18,20H,2-5,8-10H2,1H3/t13-/m0/s1. The number of nitrogens with one attached hydrogen (secondary N) is 1. The summed E-state index contributed by atoms with van der Waals surface area (Å²) in [5.41, 5.74) is 1.04. The number of benzene rings is 1. The normalized spacial score (nSPS) is 17.5. The lowest BCUT2D eigenvalue weighted by Gasteiger charge is -2.28. The van der Waals surface area contributed by atoms with Crippen LogP contribution in [0.5, 0.6) is 5.75 Å². The van der Waals surface area contributed by atoms with E-state index < -0.39 is 0 Å². The molecule has 2 N–H and O–H groups in total. The van der Waals surface area contributed by atoms with Crippen molar-refractivity contribution < 1.29 is 14.6 Å². The Morgan fingerprint density at radius 3 is 2.77 bits per heavy atom. The Morgan fingerprint density at radius 2 is 2.09 bits per heavy atom. The lowest BCUT2D eigenvalue weighted by atomic mass is 10.2. The summed E-state index contributed by atoms with van der Waals surface area (Å²) in [4.78, 5) is 2.23. The minimum absolute atomic E-state index is 0.389. The smallest absolute Gasteiger partial charge is 0.137 e. The summed E-state index contributed by atoms with van der Waals surface area (Å²) in [5, 5.41) is 13.4. The molecule has 0 aliphatic carbocycles. The van der Waals surface area contributed by atoms with Gasteiger partial charge in [0.25, 0.3) is 0 Å². The molecular weight excluding hydrogens is 416 g/mol. The van der Waals surface area contributed by atoms with Crippen molar-refractivity contribution in [1.82, 2.24) is 10.2 Å². The summed E-state index contributed by atoms with van der Waals surface area (Å²) in [7, 11) is 1.66. The third kappa shape index (κ3) is 5.47. The summed E-state index contributed by atoms with van der Waals surface area (Å²) in [6.07, 6.45) is -0.389. The third-order valence-corrected chi connectivity index (χ3v) is 4.60. The van der Waals surface area contributed by atoms with Crippen LogP contribution in [0.25, 0.3) is 0 Å². The Balaban J connectivity index is 1.80. The van der Waals surface area contributed by atoms with Gasteiger partial charge in [0, 0.05) is 42.8 Å². The molecule has 0 aromatic heterocycles. The second kappa shape index (κ2) is 9.20. The van der Waals surface area contributed by atoms with Crippen molar-refractivity contribution in [3.63, 3.8) is 0 Å². The molecule has 1 aliphatic rings. The van der Waals surface area contributed by atoms with Gasteiger partial charge >= 0.3 is 0 Å². The Bertz CT molecular complexity index is 482. The molecule has 0 radical (unpaired) electrons. The minimum Gasteiger partial charge on any atom is -0.495 e. The zero-order valence-electron chi connectivity index (χ0n) is 12.6. The van der Waals surface area contributed by atoms with Gasteiger partial charge < -0.3 is 19.9 Å². The van der Waals surface area contributed by atoms with Crippen LogP contribution in [0.1, 0.15) is 5.56 Å². The molecule has 1 saturated heterocycles. The van der Waals surface area contributed by atoms with Crippen LogP contribution < -0.4 is 10.1 Å². The fourth-order valence-corrected chi connectivity index (χ4v) is 3.97. The van der Waals surface area contributed by atoms with Crippen molar-refractivity contribution in [2.24, 2.45) is 0 Å². The number of aliphatic hydroxyl groups is 1. The molecule has 124 valence electrons. The number of rotatable bonds is 7. The maximum absolute atomic E-state index is 10.1. The highest BCUT2D eigenvalue weighted by Gasteiger charge is 2.15. The van der Waals surface area contributed by atoms with Crippen LogP contribution in [0, 0.1) is 0 Å². The van der Waals surface area contributed by atoms with E-state index in [9.17, 15) is 5.11 Å². The number of methoxy groups -OCH3 is 1. The first-order chi connectivity index (χ1) is 10.6. The minimum atomic E-state index is -0.389. The summed E-state index contributed by atoms with van der Waals surface area (Å²) < 4.78 is 12.6. The topological polar surface area (TPSA) is 54.0 Å². The molecule has 1 atom stereocenters. The predicted molar refractivity (Wildman–Crippen MR) is 93.4 cm³/mol. The molecule has 0 spiro atoms. The molecule has 1 aromatic carbocycles. The average molecular weight is 438 g/mol. The molecule has 1 heterocycles. The molecule has 0 bridgehead atoms. The van der Waals surface area contributed by atoms with Gasteiger partial charge in [-0.05, 0) is 28.1 Å². The van der Waals surface area contributed by atoms with E-state index in [-0.39, 0.29) is 6.10 Å². The average Bonchev–Trinajstić information content (AvgIpc) is 2.48. The van der Waals surface area contributed by atoms with Crippen molar-refractivity contribution in [3.8, 4) is 5.75 Å². The van der Waals surface area contributed by atoms with Gasteiger partial charge in [-0.15, -0.1) is 0 Å². The summed E-state index contributed by atoms with van der Waals surface area (Å²) in [6, 6.07) is 3.97. The fraction of sp³-hybridized carbons (Fsp3) is 0.600. The van der Waals surface area contributed by atoms with E-state index in [0.29, 0.717) is 19.6 Å². The first kappa shape index (κ1) is 18.2. The van der Waals surface area contributed by atoms with Crippen LogP contribution in [-0.4, -0.2) is 62.6 Å². The maximum atomic E-state index is 10.1. The SMILES string of the molecule is COc1c(Br)cc(Br)cc1CNC[C@H](O)CN1CCOCC1. The number of aliphatic hydroxyl groups excluding tert-OH is 1. The Hall–Kier alpha value is -0.180. The van der Waals surface area contributed by atoms with Crippen LogP contribution in [0.15, 0.2) is 21.1 Å². The number of halogens is 2. The van der Waals surface area contributed by atoms with E-state index in [1.54, 1.807) is 7.11 Å². The molecule has 1 aromatic rings. The Kier molecular flexibility index (Phi) is 7.59. The molecule has 1 aliphatic heterocycles. The van der Waals surface area contributed by atoms with Crippen molar-refractivity contribution >= 4 is 31.9 Å². The summed E-state index contributed by atoms with van der Waals surface area (Å²) in [5.74, 6) is 0.818. The lowest BCUT2D eigenvalue weighted by molar-refractivity contribution is 0.0149. The molecule has 22 heavy (non-hydrogen) atoms. The van der Waals surface area contributed by atoms with E-state index in [0.717, 1.165) is 46.6 Å². The van der Waals surface area contributed by atoms with Gasteiger partial charge in [-0.1, -0.05) is 15.9 Å². The number of nitrogens with zero attached hydrogens (tertiary/aromatic N) is 1. The Labute approximate surface area is 148 Å². The highest BCUT2D eigenvalue weighted by molar-refractivity contribution is 9.11. The molecule has 0 saturated carbocycles. The van der Waals surface area contributed by atoms with E-state index in [4.69, 9.17) is 9.47 Å². The van der Waals surface area contributed by atoms with Crippen LogP contribution in [0.2, 0.25) is 0 Å². The van der Waals surface area contributed by atoms with Gasteiger partial charge in [0.15, 0.2) is 0 Å². The van der Waals surface area contributed by atoms with E-state index in [2.05, 4.69) is 42.1 Å². The zero-order chi connectivity index (χ0) is 15.9. The second-order valence-corrected chi connectivity index (χ2v) is 7.05. The van der Waals surface area contributed by atoms with Gasteiger partial charge in [0.1, 0.15) is 5.75 Å². The van der Waals surface area contributed by atoms with Crippen molar-refractivity contribution in [1.29, 1.82) is 0 Å². The quantitative estimate of drug-likeness (QED) is 0.683. The third-order valence-electron chi connectivity index (χ3n) is 3.56.